The molecule has 25 heavy (non-hydrogen) atoms. The van der Waals surface area contributed by atoms with Crippen LogP contribution in [0, 0.1) is 467 Å². The van der Waals surface area contributed by atoms with Crippen LogP contribution >= 0.6 is 0 Å². The summed E-state index contributed by atoms with van der Waals surface area (Å²) < 4.78 is 0. The summed E-state index contributed by atoms with van der Waals surface area (Å²) >= 11 is 0. The van der Waals surface area contributed by atoms with Crippen molar-refractivity contribution >= 4 is 0 Å². The van der Waals surface area contributed by atoms with Gasteiger partial charge < -0.3 is 0 Å². The molecule has 0 amide bonds. The molecule has 0 aromatic carbocycles. The quantitative estimate of drug-likeness (QED) is 0.316. The Labute approximate surface area is 518 Å². The van der Waals surface area contributed by atoms with Crippen LogP contribution in [0.15, 0.2) is 0 Å². The first-order valence-corrected chi connectivity index (χ1v) is 5.00. The molecule has 0 nitrogen and oxygen atoms in total. The van der Waals surface area contributed by atoms with Crippen LogP contribution in [0.25, 0.3) is 0 Å². The molecule has 0 aliphatic heterocycles. The van der Waals surface area contributed by atoms with Gasteiger partial charge in [0.15, 0.2) is 0 Å². The number of rotatable bonds is 0. The molecule has 0 unspecified atom stereocenters. The maximum atomic E-state index is 2.00. The normalized spacial score (nSPS) is 1.20. The Morgan fingerprint density at radius 1 is 0.120 bits per heavy atom. The molecule has 0 fully saturated rings. The van der Waals surface area contributed by atoms with Gasteiger partial charge in [-0.05, 0) is 0 Å². The van der Waals surface area contributed by atoms with E-state index in [1.165, 1.54) is 0 Å². The molecule has 0 aromatic heterocycles. The van der Waals surface area contributed by atoms with E-state index in [0.29, 0.717) is 0 Å². The molecule has 0 saturated carbocycles. The van der Waals surface area contributed by atoms with Crippen molar-refractivity contribution in [2.75, 3.05) is 0 Å². The third-order valence-corrected chi connectivity index (χ3v) is 0. The second-order valence-electron chi connectivity index (χ2n) is 0. The van der Waals surface area contributed by atoms with Gasteiger partial charge in [-0.1, -0.05) is 69.2 Å². The topological polar surface area (TPSA) is 0 Å². The molecular formula is C10H30U15. The minimum Gasteiger partial charge on any atom is -0.0683 e. The maximum Gasteiger partial charge on any atom is 0 e. The third-order valence-electron chi connectivity index (χ3n) is 0. The minimum absolute atomic E-state index is 0. The Morgan fingerprint density at radius 3 is 0.120 bits per heavy atom. The SMILES string of the molecule is CC.CC.CC.CC.CC.[U].[U].[U].[U].[U].[U].[U].[U].[U].[U].[U].[U].[U].[U].[U]. The largest absolute Gasteiger partial charge is 0.0683 e. The summed E-state index contributed by atoms with van der Waals surface area (Å²) in [5, 5.41) is 0. The molecule has 0 radical (unpaired) electrons. The van der Waals surface area contributed by atoms with Gasteiger partial charge in [0.2, 0.25) is 0 Å². The van der Waals surface area contributed by atoms with E-state index in [0.717, 1.165) is 0 Å². The van der Waals surface area contributed by atoms with E-state index in [-0.39, 0.29) is 467 Å². The van der Waals surface area contributed by atoms with Crippen LogP contribution < -0.4 is 0 Å². The molecule has 0 aliphatic carbocycles. The van der Waals surface area contributed by atoms with Crippen LogP contribution in [-0.4, -0.2) is 0 Å². The van der Waals surface area contributed by atoms with Gasteiger partial charge in [-0.15, -0.1) is 0 Å². The summed E-state index contributed by atoms with van der Waals surface area (Å²) in [5.41, 5.74) is 0. The molecule has 0 saturated heterocycles. The first-order chi connectivity index (χ1) is 5.00. The van der Waals surface area contributed by atoms with Gasteiger partial charge in [0.05, 0.1) is 0 Å². The van der Waals surface area contributed by atoms with Crippen molar-refractivity contribution in [3.63, 3.8) is 0 Å². The van der Waals surface area contributed by atoms with E-state index in [2.05, 4.69) is 0 Å². The van der Waals surface area contributed by atoms with E-state index in [1.807, 2.05) is 69.2 Å². The molecule has 0 bridgehead atoms. The fourth-order valence-corrected chi connectivity index (χ4v) is 0. The predicted molar refractivity (Wildman–Crippen MR) is 56.7 cm³/mol. The molecule has 0 spiro atoms. The second-order valence-corrected chi connectivity index (χ2v) is 0. The van der Waals surface area contributed by atoms with E-state index in [1.54, 1.807) is 0 Å². The van der Waals surface area contributed by atoms with Crippen LogP contribution in [0.1, 0.15) is 69.2 Å². The van der Waals surface area contributed by atoms with Gasteiger partial charge in [-0.3, -0.25) is 0 Å². The molecule has 0 aliphatic rings. The van der Waals surface area contributed by atoms with E-state index in [9.17, 15) is 0 Å². The average Bonchev–Trinajstić information content (AvgIpc) is 2.20. The fraction of sp³-hybridized carbons (Fsp3) is 1.00. The number of hydrogen-bond donors (Lipinski definition) is 0. The Bertz CT molecular complexity index is 24.3. The van der Waals surface area contributed by atoms with Crippen molar-refractivity contribution in [3.8, 4) is 0 Å². The minimum atomic E-state index is 0. The first kappa shape index (κ1) is 149. The zero-order chi connectivity index (χ0) is 10.0. The van der Waals surface area contributed by atoms with Gasteiger partial charge >= 0.3 is 0 Å². The molecule has 130 valence electrons. The monoisotopic (exact) mass is 3720 g/mol. The molecule has 0 N–H and O–H groups in total. The number of hydrogen-bond acceptors (Lipinski definition) is 0. The third kappa shape index (κ3) is 228. The summed E-state index contributed by atoms with van der Waals surface area (Å²) in [4.78, 5) is 0. The van der Waals surface area contributed by atoms with Gasteiger partial charge in [0.25, 0.3) is 0 Å². The standard InChI is InChI=1S/5C2H6.15U/c5*1-2;;;;;;;;;;;;;;;/h5*1-2H3;;;;;;;;;;;;;;;. The van der Waals surface area contributed by atoms with Crippen molar-refractivity contribution in [3.05, 3.63) is 0 Å². The Hall–Kier alpha value is 15.8. The van der Waals surface area contributed by atoms with E-state index < -0.39 is 0 Å². The van der Waals surface area contributed by atoms with E-state index >= 15 is 0 Å². The predicted octanol–water partition coefficient (Wildman–Crippen LogP) is 5.13. The Morgan fingerprint density at radius 2 is 0.120 bits per heavy atom. The van der Waals surface area contributed by atoms with Crippen LogP contribution in [0.2, 0.25) is 0 Å². The molecule has 0 aromatic rings. The average molecular weight is 3720 g/mol. The maximum absolute atomic E-state index is 2.00. The van der Waals surface area contributed by atoms with Crippen LogP contribution in [0.3, 0.4) is 0 Å². The molecule has 15 heteroatoms. The Kier molecular flexibility index (Phi) is 1440. The molecule has 0 heterocycles. The molecule has 0 atom stereocenters. The van der Waals surface area contributed by atoms with Crippen molar-refractivity contribution in [1.29, 1.82) is 0 Å². The van der Waals surface area contributed by atoms with Crippen molar-refractivity contribution in [1.82, 2.24) is 0 Å². The molecular weight excluding hydrogens is 3690 g/mol. The summed E-state index contributed by atoms with van der Waals surface area (Å²) in [6.45, 7) is 20.0. The fourth-order valence-electron chi connectivity index (χ4n) is 0. The Balaban J connectivity index is -0.000000000604. The first-order valence-electron chi connectivity index (χ1n) is 5.00. The van der Waals surface area contributed by atoms with Gasteiger partial charge in [0.1, 0.15) is 0 Å². The van der Waals surface area contributed by atoms with E-state index in [4.69, 9.17) is 0 Å². The van der Waals surface area contributed by atoms with Crippen LogP contribution in [0.4, 0.5) is 0 Å². The smallest absolute Gasteiger partial charge is 0 e. The van der Waals surface area contributed by atoms with Gasteiger partial charge in [-0.2, -0.15) is 0 Å². The van der Waals surface area contributed by atoms with Crippen LogP contribution in [-0.2, 0) is 0 Å². The molecule has 0 rings (SSSR count). The summed E-state index contributed by atoms with van der Waals surface area (Å²) in [6.07, 6.45) is 0. The summed E-state index contributed by atoms with van der Waals surface area (Å²) in [5.74, 6) is 0. The van der Waals surface area contributed by atoms with Gasteiger partial charge in [-0.25, -0.2) is 0 Å². The van der Waals surface area contributed by atoms with Crippen molar-refractivity contribution < 1.29 is 467 Å². The summed E-state index contributed by atoms with van der Waals surface area (Å²) in [6, 6.07) is 0. The van der Waals surface area contributed by atoms with Gasteiger partial charge in [0, 0.05) is 467 Å². The van der Waals surface area contributed by atoms with Crippen molar-refractivity contribution in [2.24, 2.45) is 0 Å². The van der Waals surface area contributed by atoms with Crippen molar-refractivity contribution in [2.45, 2.75) is 69.2 Å². The zero-order valence-electron chi connectivity index (χ0n) is 17.5. The zero-order valence-corrected chi connectivity index (χ0v) is 80.0. The van der Waals surface area contributed by atoms with Crippen LogP contribution in [0.5, 0.6) is 0 Å². The summed E-state index contributed by atoms with van der Waals surface area (Å²) in [7, 11) is 0. The second kappa shape index (κ2) is 240.